The largest absolute Gasteiger partial charge is 0.494 e. The van der Waals surface area contributed by atoms with Gasteiger partial charge in [-0.1, -0.05) is 119 Å². The van der Waals surface area contributed by atoms with E-state index < -0.39 is 7.12 Å². The molecule has 4 heteroatoms. The number of nitrogens with zero attached hydrogens (tertiary/aromatic N) is 1. The summed E-state index contributed by atoms with van der Waals surface area (Å²) in [4.78, 5) is 5.22. The number of benzene rings is 4. The molecule has 1 saturated heterocycles. The van der Waals surface area contributed by atoms with Crippen LogP contribution in [0.4, 0.5) is 0 Å². The normalized spacial score (nSPS) is 16.2. The van der Waals surface area contributed by atoms with Gasteiger partial charge in [0.2, 0.25) is 0 Å². The molecule has 0 N–H and O–H groups in total. The van der Waals surface area contributed by atoms with Crippen LogP contribution in [-0.2, 0) is 9.31 Å². The van der Waals surface area contributed by atoms with Crippen LogP contribution in [-0.4, -0.2) is 24.0 Å². The second kappa shape index (κ2) is 14.8. The molecule has 3 nitrogen and oxygen atoms in total. The Hall–Kier alpha value is -3.73. The highest BCUT2D eigenvalue weighted by molar-refractivity contribution is 6.62. The molecule has 1 aliphatic rings. The lowest BCUT2D eigenvalue weighted by Crippen LogP contribution is -2.41. The summed E-state index contributed by atoms with van der Waals surface area (Å²) >= 11 is 0. The summed E-state index contributed by atoms with van der Waals surface area (Å²) in [5, 5.41) is 4.41. The van der Waals surface area contributed by atoms with Gasteiger partial charge >= 0.3 is 7.12 Å². The average molecular weight is 588 g/mol. The predicted octanol–water partition coefficient (Wildman–Crippen LogP) is 8.61. The van der Waals surface area contributed by atoms with Crippen molar-refractivity contribution in [2.45, 2.75) is 87.4 Å². The van der Waals surface area contributed by atoms with Gasteiger partial charge in [0.15, 0.2) is 0 Å². The fraction of sp³-hybridized carbons (Fsp3) is 0.325. The van der Waals surface area contributed by atoms with E-state index in [2.05, 4.69) is 128 Å². The lowest BCUT2D eigenvalue weighted by atomic mass is 9.78. The highest BCUT2D eigenvalue weighted by Gasteiger charge is 2.51. The molecule has 0 saturated carbocycles. The molecule has 0 unspecified atom stereocenters. The van der Waals surface area contributed by atoms with Gasteiger partial charge in [-0.2, -0.15) is 0 Å². The summed E-state index contributed by atoms with van der Waals surface area (Å²) in [7, 11) is -0.401. The first kappa shape index (κ1) is 34.8. The summed E-state index contributed by atoms with van der Waals surface area (Å²) in [5.74, 6) is 0. The minimum atomic E-state index is -0.401. The smallest absolute Gasteiger partial charge is 0.399 e. The summed E-state index contributed by atoms with van der Waals surface area (Å²) in [6, 6.07) is 27.5. The van der Waals surface area contributed by atoms with Crippen LogP contribution in [0, 0.1) is 6.92 Å². The standard InChI is InChI=1S/C36H38BNO2.2C2H6/c1-9-12-31-25(3)15-16-29-23-28(19-22-33(29)31)26(4)38-34(32-14-11-10-13-24(32)2)27-17-20-30(21-18-27)37-39-35(5,6)36(7,8)40-37;2*1-2/h9-23H,2H2,1,3-8H3;2*1-2H3/b12-9-,34-32-,38-26?;;. The van der Waals surface area contributed by atoms with Crippen molar-refractivity contribution in [3.8, 4) is 0 Å². The quantitative estimate of drug-likeness (QED) is 0.173. The lowest BCUT2D eigenvalue weighted by molar-refractivity contribution is 0.00578. The first-order valence-electron chi connectivity index (χ1n) is 16.0. The van der Waals surface area contributed by atoms with Gasteiger partial charge in [-0.25, -0.2) is 0 Å². The Bertz CT molecular complexity index is 1730. The molecule has 0 atom stereocenters. The van der Waals surface area contributed by atoms with Crippen molar-refractivity contribution in [3.05, 3.63) is 118 Å². The maximum absolute atomic E-state index is 6.27. The summed E-state index contributed by atoms with van der Waals surface area (Å²) in [6.07, 6.45) is 4.28. The number of hydrogen-bond acceptors (Lipinski definition) is 3. The van der Waals surface area contributed by atoms with Gasteiger partial charge < -0.3 is 9.31 Å². The maximum atomic E-state index is 6.27. The fourth-order valence-corrected chi connectivity index (χ4v) is 5.12. The van der Waals surface area contributed by atoms with E-state index in [4.69, 9.17) is 14.3 Å². The van der Waals surface area contributed by atoms with E-state index in [9.17, 15) is 0 Å². The van der Waals surface area contributed by atoms with E-state index in [-0.39, 0.29) is 11.2 Å². The van der Waals surface area contributed by atoms with Crippen LogP contribution in [0.15, 0.2) is 89.9 Å². The van der Waals surface area contributed by atoms with Crippen molar-refractivity contribution < 1.29 is 9.31 Å². The Labute approximate surface area is 266 Å². The number of allylic oxidation sites excluding steroid dienone is 1. The first-order chi connectivity index (χ1) is 21.0. The average Bonchev–Trinajstić information content (AvgIpc) is 3.25. The van der Waals surface area contributed by atoms with Crippen molar-refractivity contribution in [3.63, 3.8) is 0 Å². The molecule has 0 radical (unpaired) electrons. The second-order valence-corrected chi connectivity index (χ2v) is 11.6. The predicted molar refractivity (Wildman–Crippen MR) is 194 cm³/mol. The van der Waals surface area contributed by atoms with Gasteiger partial charge in [0.1, 0.15) is 0 Å². The Morgan fingerprint density at radius 1 is 0.795 bits per heavy atom. The zero-order valence-corrected chi connectivity index (χ0v) is 28.7. The van der Waals surface area contributed by atoms with Crippen LogP contribution in [0.2, 0.25) is 0 Å². The van der Waals surface area contributed by atoms with Crippen molar-refractivity contribution in [2.75, 3.05) is 0 Å². The van der Waals surface area contributed by atoms with Crippen LogP contribution in [0.5, 0.6) is 0 Å². The van der Waals surface area contributed by atoms with Gasteiger partial charge in [0.05, 0.1) is 16.9 Å². The molecule has 0 bridgehead atoms. The zero-order chi connectivity index (χ0) is 32.7. The monoisotopic (exact) mass is 587 g/mol. The number of rotatable bonds is 5. The Kier molecular flexibility index (Phi) is 11.7. The number of aryl methyl sites for hydroxylation is 1. The van der Waals surface area contributed by atoms with E-state index >= 15 is 0 Å². The number of aliphatic imine (C=N–C) groups is 1. The summed E-state index contributed by atoms with van der Waals surface area (Å²) in [5.41, 5.74) is 6.72. The Morgan fingerprint density at radius 2 is 1.39 bits per heavy atom. The second-order valence-electron chi connectivity index (χ2n) is 11.6. The minimum absolute atomic E-state index is 0.381. The minimum Gasteiger partial charge on any atom is -0.399 e. The van der Waals surface area contributed by atoms with Gasteiger partial charge in [0.25, 0.3) is 0 Å². The number of hydrogen-bond donors (Lipinski definition) is 0. The molecule has 4 aromatic rings. The molecule has 0 aromatic heterocycles. The van der Waals surface area contributed by atoms with Crippen LogP contribution >= 0.6 is 0 Å². The fourth-order valence-electron chi connectivity index (χ4n) is 5.12. The van der Waals surface area contributed by atoms with E-state index in [0.29, 0.717) is 0 Å². The lowest BCUT2D eigenvalue weighted by Gasteiger charge is -2.32. The molecular formula is C40H50BNO2. The first-order valence-corrected chi connectivity index (χ1v) is 16.0. The van der Waals surface area contributed by atoms with Crippen molar-refractivity contribution in [1.82, 2.24) is 0 Å². The summed E-state index contributed by atoms with van der Waals surface area (Å²) < 4.78 is 12.5. The van der Waals surface area contributed by atoms with Gasteiger partial charge in [-0.15, -0.1) is 0 Å². The topological polar surface area (TPSA) is 30.8 Å². The molecule has 5 rings (SSSR count). The molecule has 1 heterocycles. The molecule has 0 aliphatic carbocycles. The SMILES string of the molecule is C=c1cccc/c1=C(/N=C(C)c1ccc2c(/C=C\C)c(C)ccc2c1)c1ccc(B2OC(C)(C)C(C)(C)O2)cc1.CC.CC. The van der Waals surface area contributed by atoms with Gasteiger partial charge in [0, 0.05) is 16.5 Å². The van der Waals surface area contributed by atoms with E-state index in [0.717, 1.165) is 38.4 Å². The third kappa shape index (κ3) is 7.31. The van der Waals surface area contributed by atoms with Crippen LogP contribution in [0.1, 0.15) is 91.5 Å². The molecule has 1 fully saturated rings. The van der Waals surface area contributed by atoms with Gasteiger partial charge in [-0.3, -0.25) is 4.99 Å². The van der Waals surface area contributed by atoms with Crippen molar-refractivity contribution in [2.24, 2.45) is 4.99 Å². The van der Waals surface area contributed by atoms with Crippen LogP contribution in [0.25, 0.3) is 29.1 Å². The molecular weight excluding hydrogens is 537 g/mol. The van der Waals surface area contributed by atoms with E-state index in [1.807, 2.05) is 45.9 Å². The van der Waals surface area contributed by atoms with E-state index in [1.165, 1.54) is 21.9 Å². The zero-order valence-electron chi connectivity index (χ0n) is 28.7. The molecule has 1 aliphatic heterocycles. The molecule has 0 spiro atoms. The third-order valence-electron chi connectivity index (χ3n) is 8.29. The van der Waals surface area contributed by atoms with Crippen LogP contribution in [0.3, 0.4) is 0 Å². The molecule has 4 aromatic carbocycles. The van der Waals surface area contributed by atoms with Crippen LogP contribution < -0.4 is 15.9 Å². The molecule has 44 heavy (non-hydrogen) atoms. The third-order valence-corrected chi connectivity index (χ3v) is 8.29. The number of fused-ring (bicyclic) bond motifs is 1. The van der Waals surface area contributed by atoms with Crippen molar-refractivity contribution >= 4 is 47.4 Å². The maximum Gasteiger partial charge on any atom is 0.494 e. The highest BCUT2D eigenvalue weighted by Crippen LogP contribution is 2.36. The Morgan fingerprint density at radius 3 is 1.98 bits per heavy atom. The summed E-state index contributed by atoms with van der Waals surface area (Å²) in [6.45, 7) is 26.9. The molecule has 230 valence electrons. The molecule has 0 amide bonds. The Balaban J connectivity index is 0.00000127. The van der Waals surface area contributed by atoms with Crippen molar-refractivity contribution in [1.29, 1.82) is 0 Å². The van der Waals surface area contributed by atoms with E-state index in [1.54, 1.807) is 0 Å². The van der Waals surface area contributed by atoms with Gasteiger partial charge in [-0.05, 0) is 92.7 Å². The highest BCUT2D eigenvalue weighted by atomic mass is 16.7.